The van der Waals surface area contributed by atoms with Gasteiger partial charge in [-0.05, 0) is 6.42 Å². The fourth-order valence-electron chi connectivity index (χ4n) is 0.802. The van der Waals surface area contributed by atoms with Crippen LogP contribution in [0.1, 0.15) is 18.2 Å². The number of aromatic nitrogens is 2. The van der Waals surface area contributed by atoms with E-state index < -0.39 is 0 Å². The summed E-state index contributed by atoms with van der Waals surface area (Å²) >= 11 is 0. The third-order valence-electron chi connectivity index (χ3n) is 1.38. The van der Waals surface area contributed by atoms with E-state index in [1.807, 2.05) is 0 Å². The molecular formula is C8H11N3. The summed E-state index contributed by atoms with van der Waals surface area (Å²) in [5, 5.41) is 0. The van der Waals surface area contributed by atoms with E-state index in [4.69, 9.17) is 5.73 Å². The predicted octanol–water partition coefficient (Wildman–Crippen LogP) is 1.05. The van der Waals surface area contributed by atoms with E-state index in [0.29, 0.717) is 0 Å². The Morgan fingerprint density at radius 1 is 1.64 bits per heavy atom. The van der Waals surface area contributed by atoms with Crippen molar-refractivity contribution >= 4 is 0 Å². The summed E-state index contributed by atoms with van der Waals surface area (Å²) in [6, 6.07) is -0.0683. The zero-order chi connectivity index (χ0) is 8.10. The van der Waals surface area contributed by atoms with Gasteiger partial charge in [-0.25, -0.2) is 0 Å². The van der Waals surface area contributed by atoms with E-state index in [-0.39, 0.29) is 6.04 Å². The monoisotopic (exact) mass is 149 g/mol. The smallest absolute Gasteiger partial charge is 0.0757 e. The molecule has 11 heavy (non-hydrogen) atoms. The van der Waals surface area contributed by atoms with Crippen LogP contribution in [0.3, 0.4) is 0 Å². The second kappa shape index (κ2) is 3.83. The highest BCUT2D eigenvalue weighted by molar-refractivity contribution is 5.02. The van der Waals surface area contributed by atoms with Crippen LogP contribution < -0.4 is 5.73 Å². The molecular weight excluding hydrogens is 138 g/mol. The van der Waals surface area contributed by atoms with Crippen LogP contribution in [0, 0.1) is 0 Å². The Kier molecular flexibility index (Phi) is 2.74. The summed E-state index contributed by atoms with van der Waals surface area (Å²) in [7, 11) is 0. The van der Waals surface area contributed by atoms with Gasteiger partial charge in [0.05, 0.1) is 11.7 Å². The van der Waals surface area contributed by atoms with Crippen molar-refractivity contribution in [3.63, 3.8) is 0 Å². The Hall–Kier alpha value is -1.22. The van der Waals surface area contributed by atoms with Gasteiger partial charge in [0.25, 0.3) is 0 Å². The van der Waals surface area contributed by atoms with Crippen LogP contribution in [0.25, 0.3) is 0 Å². The highest BCUT2D eigenvalue weighted by atomic mass is 14.8. The van der Waals surface area contributed by atoms with E-state index >= 15 is 0 Å². The number of hydrogen-bond donors (Lipinski definition) is 1. The van der Waals surface area contributed by atoms with Crippen molar-refractivity contribution < 1.29 is 0 Å². The van der Waals surface area contributed by atoms with Crippen LogP contribution in [0.5, 0.6) is 0 Å². The lowest BCUT2D eigenvalue weighted by atomic mass is 10.1. The molecule has 58 valence electrons. The molecule has 0 saturated carbocycles. The third-order valence-corrected chi connectivity index (χ3v) is 1.38. The van der Waals surface area contributed by atoms with Crippen molar-refractivity contribution in [2.45, 2.75) is 12.5 Å². The zero-order valence-electron chi connectivity index (χ0n) is 6.27. The van der Waals surface area contributed by atoms with Crippen molar-refractivity contribution in [2.24, 2.45) is 5.73 Å². The first-order valence-corrected chi connectivity index (χ1v) is 3.47. The molecule has 0 bridgehead atoms. The average molecular weight is 149 g/mol. The molecule has 3 nitrogen and oxygen atoms in total. The first-order valence-electron chi connectivity index (χ1n) is 3.47. The molecule has 0 radical (unpaired) electrons. The van der Waals surface area contributed by atoms with E-state index in [1.54, 1.807) is 24.7 Å². The zero-order valence-corrected chi connectivity index (χ0v) is 6.27. The minimum absolute atomic E-state index is 0.0683. The Labute approximate surface area is 66.0 Å². The Bertz CT molecular complexity index is 220. The Morgan fingerprint density at radius 3 is 3.00 bits per heavy atom. The molecule has 1 heterocycles. The van der Waals surface area contributed by atoms with Crippen LogP contribution in [0.4, 0.5) is 0 Å². The van der Waals surface area contributed by atoms with Crippen molar-refractivity contribution in [1.29, 1.82) is 0 Å². The molecule has 0 aromatic carbocycles. The SMILES string of the molecule is C=CCC(N)c1cnccn1. The maximum Gasteiger partial charge on any atom is 0.0757 e. The van der Waals surface area contributed by atoms with Crippen molar-refractivity contribution in [3.05, 3.63) is 36.9 Å². The normalized spacial score (nSPS) is 12.5. The van der Waals surface area contributed by atoms with Gasteiger partial charge >= 0.3 is 0 Å². The van der Waals surface area contributed by atoms with Crippen LogP contribution in [0.2, 0.25) is 0 Å². The molecule has 0 spiro atoms. The van der Waals surface area contributed by atoms with E-state index in [2.05, 4.69) is 16.5 Å². The Balaban J connectivity index is 2.68. The van der Waals surface area contributed by atoms with E-state index in [1.165, 1.54) is 0 Å². The van der Waals surface area contributed by atoms with E-state index in [0.717, 1.165) is 12.1 Å². The summed E-state index contributed by atoms with van der Waals surface area (Å²) in [6.07, 6.45) is 7.45. The van der Waals surface area contributed by atoms with Gasteiger partial charge < -0.3 is 5.73 Å². The number of nitrogens with two attached hydrogens (primary N) is 1. The van der Waals surface area contributed by atoms with Gasteiger partial charge in [-0.3, -0.25) is 9.97 Å². The molecule has 0 aliphatic carbocycles. The molecule has 0 saturated heterocycles. The average Bonchev–Trinajstić information content (AvgIpc) is 2.07. The van der Waals surface area contributed by atoms with Gasteiger partial charge in [-0.1, -0.05) is 6.08 Å². The minimum atomic E-state index is -0.0683. The summed E-state index contributed by atoms with van der Waals surface area (Å²) in [5.74, 6) is 0. The molecule has 1 aromatic heterocycles. The summed E-state index contributed by atoms with van der Waals surface area (Å²) in [6.45, 7) is 3.60. The van der Waals surface area contributed by atoms with Gasteiger partial charge in [0, 0.05) is 18.6 Å². The predicted molar refractivity (Wildman–Crippen MR) is 43.8 cm³/mol. The van der Waals surface area contributed by atoms with Gasteiger partial charge in [-0.15, -0.1) is 6.58 Å². The van der Waals surface area contributed by atoms with Crippen LogP contribution in [-0.4, -0.2) is 9.97 Å². The largest absolute Gasteiger partial charge is 0.322 e. The summed E-state index contributed by atoms with van der Waals surface area (Å²) in [5.41, 5.74) is 6.54. The van der Waals surface area contributed by atoms with Crippen LogP contribution in [0.15, 0.2) is 31.2 Å². The highest BCUT2D eigenvalue weighted by Gasteiger charge is 2.03. The topological polar surface area (TPSA) is 51.8 Å². The molecule has 0 aliphatic rings. The fraction of sp³-hybridized carbons (Fsp3) is 0.250. The molecule has 0 aliphatic heterocycles. The maximum absolute atomic E-state index is 5.73. The highest BCUT2D eigenvalue weighted by Crippen LogP contribution is 2.08. The van der Waals surface area contributed by atoms with Crippen LogP contribution in [-0.2, 0) is 0 Å². The quantitative estimate of drug-likeness (QED) is 0.653. The molecule has 2 N–H and O–H groups in total. The molecule has 1 rings (SSSR count). The van der Waals surface area contributed by atoms with Crippen molar-refractivity contribution in [2.75, 3.05) is 0 Å². The molecule has 3 heteroatoms. The standard InChI is InChI=1S/C8H11N3/c1-2-3-7(9)8-6-10-4-5-11-8/h2,4-7H,1,3,9H2. The summed E-state index contributed by atoms with van der Waals surface area (Å²) in [4.78, 5) is 7.97. The molecule has 0 fully saturated rings. The molecule has 1 aromatic rings. The van der Waals surface area contributed by atoms with Gasteiger partial charge in [-0.2, -0.15) is 0 Å². The van der Waals surface area contributed by atoms with Gasteiger partial charge in [0.1, 0.15) is 0 Å². The van der Waals surface area contributed by atoms with Crippen molar-refractivity contribution in [1.82, 2.24) is 9.97 Å². The first-order chi connectivity index (χ1) is 5.34. The van der Waals surface area contributed by atoms with Crippen LogP contribution >= 0.6 is 0 Å². The summed E-state index contributed by atoms with van der Waals surface area (Å²) < 4.78 is 0. The number of rotatable bonds is 3. The number of hydrogen-bond acceptors (Lipinski definition) is 3. The minimum Gasteiger partial charge on any atom is -0.322 e. The second-order valence-electron chi connectivity index (χ2n) is 2.26. The second-order valence-corrected chi connectivity index (χ2v) is 2.26. The number of nitrogens with zero attached hydrogens (tertiary/aromatic N) is 2. The lowest BCUT2D eigenvalue weighted by molar-refractivity contribution is 0.708. The maximum atomic E-state index is 5.73. The fourth-order valence-corrected chi connectivity index (χ4v) is 0.802. The lowest BCUT2D eigenvalue weighted by Crippen LogP contribution is -2.10. The molecule has 1 atom stereocenters. The molecule has 0 amide bonds. The van der Waals surface area contributed by atoms with Gasteiger partial charge in [0.2, 0.25) is 0 Å². The lowest BCUT2D eigenvalue weighted by Gasteiger charge is -2.05. The Morgan fingerprint density at radius 2 is 2.45 bits per heavy atom. The van der Waals surface area contributed by atoms with E-state index in [9.17, 15) is 0 Å². The van der Waals surface area contributed by atoms with Gasteiger partial charge in [0.15, 0.2) is 0 Å². The first kappa shape index (κ1) is 7.88. The molecule has 1 unspecified atom stereocenters. The third kappa shape index (κ3) is 2.13. The van der Waals surface area contributed by atoms with Crippen molar-refractivity contribution in [3.8, 4) is 0 Å².